The van der Waals surface area contributed by atoms with Gasteiger partial charge in [-0.25, -0.2) is 0 Å². The first-order valence-electron chi connectivity index (χ1n) is 6.72. The molecule has 0 unspecified atom stereocenters. The lowest BCUT2D eigenvalue weighted by atomic mass is 9.92. The predicted octanol–water partition coefficient (Wildman–Crippen LogP) is -1.90. The number of ether oxygens (including phenoxy) is 1. The molecule has 22 heavy (non-hydrogen) atoms. The molecule has 0 saturated carbocycles. The number of aliphatic hydroxyl groups is 5. The number of para-hydroxylation sites is 1. The van der Waals surface area contributed by atoms with E-state index in [2.05, 4.69) is 5.32 Å². The summed E-state index contributed by atoms with van der Waals surface area (Å²) in [5, 5.41) is 50.9. The van der Waals surface area contributed by atoms with Crippen molar-refractivity contribution < 1.29 is 35.1 Å². The van der Waals surface area contributed by atoms with Crippen molar-refractivity contribution in [3.05, 3.63) is 29.8 Å². The van der Waals surface area contributed by atoms with Crippen LogP contribution in [-0.2, 0) is 9.53 Å². The van der Waals surface area contributed by atoms with E-state index in [-0.39, 0.29) is 0 Å². The minimum atomic E-state index is -2.66. The smallest absolute Gasteiger partial charge is 0.264 e. The maximum Gasteiger partial charge on any atom is 0.264 e. The van der Waals surface area contributed by atoms with E-state index in [1.807, 2.05) is 0 Å². The summed E-state index contributed by atoms with van der Waals surface area (Å²) in [6.45, 7) is 0.972. The third kappa shape index (κ3) is 2.72. The highest BCUT2D eigenvalue weighted by Gasteiger charge is 2.61. The van der Waals surface area contributed by atoms with Crippen molar-refractivity contribution in [2.75, 3.05) is 11.9 Å². The van der Waals surface area contributed by atoms with E-state index in [1.165, 1.54) is 0 Å². The summed E-state index contributed by atoms with van der Waals surface area (Å²) < 4.78 is 4.82. The molecule has 2 rings (SSSR count). The van der Waals surface area contributed by atoms with Crippen LogP contribution in [0, 0.1) is 6.92 Å². The SMILES string of the molecule is Cc1ccccc1NC(=O)[C@]1(O)[C@@H](O)O[C@H]([C@H](O)CO)[C@@H]1O. The molecule has 1 saturated heterocycles. The number of hydrogen-bond donors (Lipinski definition) is 6. The maximum atomic E-state index is 12.3. The van der Waals surface area contributed by atoms with Crippen LogP contribution in [0.4, 0.5) is 5.69 Å². The minimum absolute atomic E-state index is 0.395. The first-order chi connectivity index (χ1) is 10.3. The zero-order valence-corrected chi connectivity index (χ0v) is 11.9. The fourth-order valence-corrected chi connectivity index (χ4v) is 2.31. The highest BCUT2D eigenvalue weighted by Crippen LogP contribution is 2.33. The van der Waals surface area contributed by atoms with Crippen LogP contribution < -0.4 is 5.32 Å². The summed E-state index contributed by atoms with van der Waals surface area (Å²) in [5.74, 6) is -1.07. The Labute approximate surface area is 126 Å². The standard InChI is InChI=1S/C14H19NO7/c1-7-4-2-3-5-8(7)15-12(19)14(21)11(18)10(9(17)6-16)22-13(14)20/h2-5,9-11,13,16-18,20-21H,6H2,1H3,(H,15,19)/t9-,10-,11+,13+,14+/m1/s1. The fraction of sp³-hybridized carbons (Fsp3) is 0.500. The van der Waals surface area contributed by atoms with Crippen molar-refractivity contribution in [2.45, 2.75) is 37.1 Å². The summed E-state index contributed by atoms with van der Waals surface area (Å²) >= 11 is 0. The van der Waals surface area contributed by atoms with Crippen molar-refractivity contribution >= 4 is 11.6 Å². The molecule has 1 fully saturated rings. The molecule has 0 aromatic heterocycles. The Kier molecular flexibility index (Phi) is 4.81. The molecule has 6 N–H and O–H groups in total. The number of hydrogen-bond acceptors (Lipinski definition) is 7. The lowest BCUT2D eigenvalue weighted by molar-refractivity contribution is -0.186. The second-order valence-electron chi connectivity index (χ2n) is 5.24. The molecule has 122 valence electrons. The highest BCUT2D eigenvalue weighted by atomic mass is 16.7. The van der Waals surface area contributed by atoms with Gasteiger partial charge in [-0.3, -0.25) is 4.79 Å². The summed E-state index contributed by atoms with van der Waals surface area (Å²) in [7, 11) is 0. The number of carbonyl (C=O) groups is 1. The van der Waals surface area contributed by atoms with Crippen LogP contribution in [0.1, 0.15) is 5.56 Å². The molecule has 0 bridgehead atoms. The van der Waals surface area contributed by atoms with Crippen LogP contribution in [0.2, 0.25) is 0 Å². The van der Waals surface area contributed by atoms with Gasteiger partial charge in [-0.2, -0.15) is 0 Å². The summed E-state index contributed by atoms with van der Waals surface area (Å²) in [4.78, 5) is 12.3. The fourth-order valence-electron chi connectivity index (χ4n) is 2.31. The monoisotopic (exact) mass is 313 g/mol. The van der Waals surface area contributed by atoms with Crippen molar-refractivity contribution in [2.24, 2.45) is 0 Å². The third-order valence-electron chi connectivity index (χ3n) is 3.75. The average molecular weight is 313 g/mol. The average Bonchev–Trinajstić information content (AvgIpc) is 2.74. The first-order valence-corrected chi connectivity index (χ1v) is 6.72. The highest BCUT2D eigenvalue weighted by molar-refractivity contribution is 5.98. The maximum absolute atomic E-state index is 12.3. The van der Waals surface area contributed by atoms with Crippen molar-refractivity contribution in [3.8, 4) is 0 Å². The van der Waals surface area contributed by atoms with Crippen LogP contribution in [0.15, 0.2) is 24.3 Å². The molecule has 1 heterocycles. The Hall–Kier alpha value is -1.55. The largest absolute Gasteiger partial charge is 0.394 e. The quantitative estimate of drug-likeness (QED) is 0.381. The van der Waals surface area contributed by atoms with Gasteiger partial charge in [-0.05, 0) is 18.6 Å². The summed E-state index contributed by atoms with van der Waals surface area (Å²) in [6.07, 6.45) is -7.00. The number of nitrogens with one attached hydrogen (secondary N) is 1. The lowest BCUT2D eigenvalue weighted by Gasteiger charge is -2.27. The molecule has 1 aromatic carbocycles. The Bertz CT molecular complexity index is 552. The lowest BCUT2D eigenvalue weighted by Crippen LogP contribution is -2.58. The molecule has 0 aliphatic carbocycles. The van der Waals surface area contributed by atoms with Gasteiger partial charge in [0.05, 0.1) is 6.61 Å². The van der Waals surface area contributed by atoms with Gasteiger partial charge in [0.2, 0.25) is 5.60 Å². The molecule has 0 radical (unpaired) electrons. The molecule has 8 heteroatoms. The number of rotatable bonds is 4. The summed E-state index contributed by atoms with van der Waals surface area (Å²) in [6, 6.07) is 6.75. The summed E-state index contributed by atoms with van der Waals surface area (Å²) in [5.41, 5.74) is -1.55. The van der Waals surface area contributed by atoms with Crippen LogP contribution in [-0.4, -0.2) is 68.2 Å². The van der Waals surface area contributed by atoms with Crippen molar-refractivity contribution in [1.29, 1.82) is 0 Å². The molecular formula is C14H19NO7. The molecule has 5 atom stereocenters. The molecular weight excluding hydrogens is 294 g/mol. The topological polar surface area (TPSA) is 139 Å². The van der Waals surface area contributed by atoms with E-state index in [0.717, 1.165) is 0 Å². The minimum Gasteiger partial charge on any atom is -0.394 e. The van der Waals surface area contributed by atoms with Gasteiger partial charge in [-0.15, -0.1) is 0 Å². The zero-order chi connectivity index (χ0) is 16.5. The van der Waals surface area contributed by atoms with Crippen LogP contribution in [0.25, 0.3) is 0 Å². The second-order valence-corrected chi connectivity index (χ2v) is 5.24. The van der Waals surface area contributed by atoms with E-state index in [0.29, 0.717) is 11.3 Å². The number of carbonyl (C=O) groups excluding carboxylic acids is 1. The van der Waals surface area contributed by atoms with Crippen LogP contribution >= 0.6 is 0 Å². The number of amides is 1. The number of aliphatic hydroxyl groups excluding tert-OH is 4. The van der Waals surface area contributed by atoms with Gasteiger partial charge in [0.15, 0.2) is 6.29 Å². The first kappa shape index (κ1) is 16.8. The predicted molar refractivity (Wildman–Crippen MR) is 74.7 cm³/mol. The molecule has 8 nitrogen and oxygen atoms in total. The Morgan fingerprint density at radius 2 is 2.05 bits per heavy atom. The molecule has 1 amide bonds. The Balaban J connectivity index is 2.22. The van der Waals surface area contributed by atoms with Crippen molar-refractivity contribution in [3.63, 3.8) is 0 Å². The van der Waals surface area contributed by atoms with Crippen molar-refractivity contribution in [1.82, 2.24) is 0 Å². The molecule has 1 aliphatic rings. The van der Waals surface area contributed by atoms with Gasteiger partial charge in [0, 0.05) is 5.69 Å². The van der Waals surface area contributed by atoms with E-state index in [4.69, 9.17) is 9.84 Å². The van der Waals surface area contributed by atoms with Gasteiger partial charge in [0.25, 0.3) is 5.91 Å². The van der Waals surface area contributed by atoms with Gasteiger partial charge >= 0.3 is 0 Å². The van der Waals surface area contributed by atoms with Gasteiger partial charge in [-0.1, -0.05) is 18.2 Å². The van der Waals surface area contributed by atoms with E-state index in [1.54, 1.807) is 31.2 Å². The number of benzene rings is 1. The molecule has 1 aliphatic heterocycles. The van der Waals surface area contributed by atoms with E-state index >= 15 is 0 Å². The van der Waals surface area contributed by atoms with Crippen LogP contribution in [0.3, 0.4) is 0 Å². The van der Waals surface area contributed by atoms with Gasteiger partial charge in [0.1, 0.15) is 18.3 Å². The van der Waals surface area contributed by atoms with E-state index < -0.39 is 42.7 Å². The van der Waals surface area contributed by atoms with E-state index in [9.17, 15) is 25.2 Å². The van der Waals surface area contributed by atoms with Gasteiger partial charge < -0.3 is 35.6 Å². The Morgan fingerprint density at radius 3 is 2.64 bits per heavy atom. The molecule has 0 spiro atoms. The molecule has 1 aromatic rings. The van der Waals surface area contributed by atoms with Crippen LogP contribution in [0.5, 0.6) is 0 Å². The zero-order valence-electron chi connectivity index (χ0n) is 11.9. The normalized spacial score (nSPS) is 32.7. The third-order valence-corrected chi connectivity index (χ3v) is 3.75. The number of aryl methyl sites for hydroxylation is 1. The second kappa shape index (κ2) is 6.29. The Morgan fingerprint density at radius 1 is 1.41 bits per heavy atom. The number of anilines is 1.